The van der Waals surface area contributed by atoms with Crippen LogP contribution in [0.25, 0.3) is 10.9 Å². The summed E-state index contributed by atoms with van der Waals surface area (Å²) in [6, 6.07) is 8.60. The minimum atomic E-state index is 0.433. The molecule has 1 aliphatic heterocycles. The van der Waals surface area contributed by atoms with Gasteiger partial charge in [-0.15, -0.1) is 0 Å². The highest BCUT2D eigenvalue weighted by Crippen LogP contribution is 2.32. The molecule has 1 aliphatic rings. The van der Waals surface area contributed by atoms with Gasteiger partial charge in [0, 0.05) is 42.3 Å². The number of unbranched alkanes of at least 4 members (excludes halogenated alkanes) is 1. The fourth-order valence-electron chi connectivity index (χ4n) is 4.56. The smallest absolute Gasteiger partial charge is 0.0457 e. The number of likely N-dealkylation sites (tertiary alicyclic amines) is 1. The summed E-state index contributed by atoms with van der Waals surface area (Å²) in [5.41, 5.74) is 3.07. The number of fused-ring (bicyclic) bond motifs is 1. The van der Waals surface area contributed by atoms with Gasteiger partial charge in [-0.1, -0.05) is 38.0 Å². The van der Waals surface area contributed by atoms with E-state index >= 15 is 0 Å². The van der Waals surface area contributed by atoms with Crippen molar-refractivity contribution in [1.29, 1.82) is 0 Å². The number of para-hydroxylation sites is 1. The van der Waals surface area contributed by atoms with Gasteiger partial charge in [0.2, 0.25) is 0 Å². The molecule has 2 heterocycles. The van der Waals surface area contributed by atoms with Gasteiger partial charge in [0.05, 0.1) is 0 Å². The molecule has 1 fully saturated rings. The van der Waals surface area contributed by atoms with E-state index in [2.05, 4.69) is 78.2 Å². The molecule has 1 aromatic carbocycles. The second-order valence-electron chi connectivity index (χ2n) is 8.66. The number of rotatable bonds is 9. The summed E-state index contributed by atoms with van der Waals surface area (Å²) in [6.45, 7) is 8.10. The van der Waals surface area contributed by atoms with Crippen LogP contribution in [0.3, 0.4) is 0 Å². The van der Waals surface area contributed by atoms with Crippen LogP contribution in [0.2, 0.25) is 0 Å². The van der Waals surface area contributed by atoms with Crippen molar-refractivity contribution in [3.63, 3.8) is 0 Å². The quantitative estimate of drug-likeness (QED) is 0.717. The molecular weight excluding hydrogens is 332 g/mol. The number of nitrogens with zero attached hydrogens (tertiary/aromatic N) is 3. The van der Waals surface area contributed by atoms with Crippen LogP contribution in [0, 0.1) is 0 Å². The number of likely N-dealkylation sites (N-methyl/N-ethyl adjacent to an activating group) is 1. The molecular formula is C23H38N4. The lowest BCUT2D eigenvalue weighted by molar-refractivity contribution is 0.0443. The van der Waals surface area contributed by atoms with Gasteiger partial charge in [0.25, 0.3) is 0 Å². The van der Waals surface area contributed by atoms with Crippen LogP contribution in [0.5, 0.6) is 0 Å². The first-order valence-corrected chi connectivity index (χ1v) is 10.7. The van der Waals surface area contributed by atoms with E-state index in [9.17, 15) is 0 Å². The lowest BCUT2D eigenvalue weighted by Crippen LogP contribution is -2.53. The van der Waals surface area contributed by atoms with Crippen LogP contribution >= 0.6 is 0 Å². The van der Waals surface area contributed by atoms with Crippen LogP contribution in [-0.4, -0.2) is 72.5 Å². The van der Waals surface area contributed by atoms with E-state index in [1.54, 1.807) is 0 Å². The van der Waals surface area contributed by atoms with Gasteiger partial charge in [0.1, 0.15) is 0 Å². The fraction of sp³-hybridized carbons (Fsp3) is 0.652. The van der Waals surface area contributed by atoms with Crippen LogP contribution in [0.15, 0.2) is 30.5 Å². The molecule has 1 saturated heterocycles. The third kappa shape index (κ3) is 4.92. The van der Waals surface area contributed by atoms with Crippen molar-refractivity contribution >= 4 is 10.9 Å². The molecule has 150 valence electrons. The number of hydrogen-bond donors (Lipinski definition) is 1. The summed E-state index contributed by atoms with van der Waals surface area (Å²) in [5, 5.41) is 1.36. The molecule has 3 rings (SSSR count). The van der Waals surface area contributed by atoms with E-state index in [0.29, 0.717) is 5.54 Å². The van der Waals surface area contributed by atoms with Gasteiger partial charge in [-0.3, -0.25) is 0 Å². The maximum Gasteiger partial charge on any atom is 0.0457 e. The number of benzene rings is 1. The van der Waals surface area contributed by atoms with Gasteiger partial charge < -0.3 is 19.7 Å². The normalized spacial score (nSPS) is 18.0. The molecule has 0 unspecified atom stereocenters. The van der Waals surface area contributed by atoms with E-state index in [1.165, 1.54) is 68.2 Å². The van der Waals surface area contributed by atoms with Crippen molar-refractivity contribution in [3.05, 3.63) is 36.0 Å². The molecule has 0 amide bonds. The minimum Gasteiger partial charge on any atom is -0.361 e. The highest BCUT2D eigenvalue weighted by Gasteiger charge is 2.35. The lowest BCUT2D eigenvalue weighted by Gasteiger charge is -2.46. The Balaban J connectivity index is 1.47. The zero-order valence-electron chi connectivity index (χ0n) is 17.8. The highest BCUT2D eigenvalue weighted by molar-refractivity contribution is 5.82. The van der Waals surface area contributed by atoms with Crippen molar-refractivity contribution in [2.75, 3.05) is 47.3 Å². The first kappa shape index (κ1) is 20.4. The summed E-state index contributed by atoms with van der Waals surface area (Å²) in [4.78, 5) is 11.0. The van der Waals surface area contributed by atoms with Crippen LogP contribution < -0.4 is 0 Å². The molecule has 27 heavy (non-hydrogen) atoms. The molecule has 4 heteroatoms. The highest BCUT2D eigenvalue weighted by atomic mass is 15.2. The Morgan fingerprint density at radius 3 is 2.56 bits per heavy atom. The SMILES string of the molecule is CCCCC1(N(C)C)CCN(CCN(C)Cc2c[nH]c3ccccc23)CC1. The molecule has 1 N–H and O–H groups in total. The number of piperidine rings is 1. The van der Waals surface area contributed by atoms with E-state index in [0.717, 1.165) is 13.1 Å². The summed E-state index contributed by atoms with van der Waals surface area (Å²) in [6.07, 6.45) is 8.80. The second-order valence-corrected chi connectivity index (χ2v) is 8.66. The summed E-state index contributed by atoms with van der Waals surface area (Å²) >= 11 is 0. The Hall–Kier alpha value is -1.36. The number of hydrogen-bond acceptors (Lipinski definition) is 3. The average molecular weight is 371 g/mol. The monoisotopic (exact) mass is 370 g/mol. The molecule has 0 atom stereocenters. The summed E-state index contributed by atoms with van der Waals surface area (Å²) in [5.74, 6) is 0. The Labute approximate surface area is 165 Å². The third-order valence-corrected chi connectivity index (χ3v) is 6.64. The van der Waals surface area contributed by atoms with Crippen molar-refractivity contribution in [2.24, 2.45) is 0 Å². The number of H-pyrrole nitrogens is 1. The van der Waals surface area contributed by atoms with Crippen LogP contribution in [0.4, 0.5) is 0 Å². The van der Waals surface area contributed by atoms with E-state index in [1.807, 2.05) is 0 Å². The maximum absolute atomic E-state index is 3.39. The summed E-state index contributed by atoms with van der Waals surface area (Å²) < 4.78 is 0. The Morgan fingerprint density at radius 1 is 1.11 bits per heavy atom. The third-order valence-electron chi connectivity index (χ3n) is 6.64. The number of aromatic amines is 1. The standard InChI is InChI=1S/C23H38N4/c1-5-6-11-23(25(2)3)12-14-27(15-13-23)17-16-26(4)19-20-18-24-22-10-8-7-9-21(20)22/h7-10,18,24H,5-6,11-17,19H2,1-4H3. The Morgan fingerprint density at radius 2 is 1.85 bits per heavy atom. The fourth-order valence-corrected chi connectivity index (χ4v) is 4.56. The van der Waals surface area contributed by atoms with Gasteiger partial charge >= 0.3 is 0 Å². The minimum absolute atomic E-state index is 0.433. The zero-order valence-corrected chi connectivity index (χ0v) is 17.8. The molecule has 2 aromatic rings. The molecule has 0 spiro atoms. The van der Waals surface area contributed by atoms with Crippen molar-refractivity contribution in [1.82, 2.24) is 19.7 Å². The molecule has 0 bridgehead atoms. The first-order valence-electron chi connectivity index (χ1n) is 10.7. The van der Waals surface area contributed by atoms with Crippen molar-refractivity contribution in [2.45, 2.75) is 51.1 Å². The largest absolute Gasteiger partial charge is 0.361 e. The maximum atomic E-state index is 3.39. The zero-order chi connectivity index (χ0) is 19.3. The van der Waals surface area contributed by atoms with E-state index in [-0.39, 0.29) is 0 Å². The lowest BCUT2D eigenvalue weighted by atomic mass is 9.82. The second kappa shape index (κ2) is 9.22. The molecule has 1 aromatic heterocycles. The van der Waals surface area contributed by atoms with Crippen LogP contribution in [-0.2, 0) is 6.54 Å². The molecule has 0 radical (unpaired) electrons. The van der Waals surface area contributed by atoms with Gasteiger partial charge in [-0.2, -0.15) is 0 Å². The van der Waals surface area contributed by atoms with Crippen molar-refractivity contribution < 1.29 is 0 Å². The predicted molar refractivity (Wildman–Crippen MR) is 116 cm³/mol. The van der Waals surface area contributed by atoms with Gasteiger partial charge in [-0.25, -0.2) is 0 Å². The number of aromatic nitrogens is 1. The number of nitrogens with one attached hydrogen (secondary N) is 1. The van der Waals surface area contributed by atoms with E-state index in [4.69, 9.17) is 0 Å². The topological polar surface area (TPSA) is 25.5 Å². The average Bonchev–Trinajstić information content (AvgIpc) is 3.08. The Kier molecular flexibility index (Phi) is 6.96. The van der Waals surface area contributed by atoms with Gasteiger partial charge in [-0.05, 0) is 65.1 Å². The summed E-state index contributed by atoms with van der Waals surface area (Å²) in [7, 11) is 6.80. The Bertz CT molecular complexity index is 697. The van der Waals surface area contributed by atoms with Crippen LogP contribution in [0.1, 0.15) is 44.6 Å². The van der Waals surface area contributed by atoms with E-state index < -0.39 is 0 Å². The molecule has 0 aliphatic carbocycles. The molecule has 0 saturated carbocycles. The van der Waals surface area contributed by atoms with Crippen molar-refractivity contribution in [3.8, 4) is 0 Å². The first-order chi connectivity index (χ1) is 13.0. The molecule has 4 nitrogen and oxygen atoms in total. The predicted octanol–water partition coefficient (Wildman–Crippen LogP) is 4.19. The van der Waals surface area contributed by atoms with Gasteiger partial charge in [0.15, 0.2) is 0 Å².